The number of hydroxylamine groups is 1. The third-order valence-corrected chi connectivity index (χ3v) is 7.31. The van der Waals surface area contributed by atoms with Crippen LogP contribution in [0.2, 0.25) is 0 Å². The Kier molecular flexibility index (Phi) is 12.0. The van der Waals surface area contributed by atoms with Crippen molar-refractivity contribution in [3.05, 3.63) is 24.5 Å². The molecule has 0 bridgehead atoms. The van der Waals surface area contributed by atoms with Crippen molar-refractivity contribution in [2.75, 3.05) is 31.3 Å². The first-order chi connectivity index (χ1) is 15.5. The van der Waals surface area contributed by atoms with Crippen molar-refractivity contribution in [2.45, 2.75) is 64.2 Å². The third-order valence-electron chi connectivity index (χ3n) is 5.61. The highest BCUT2D eigenvalue weighted by atomic mass is 32.2. The van der Waals surface area contributed by atoms with Crippen LogP contribution in [0, 0.1) is 17.4 Å². The third kappa shape index (κ3) is 10.4. The summed E-state index contributed by atoms with van der Waals surface area (Å²) in [6.45, 7) is 1.00. The highest BCUT2D eigenvalue weighted by molar-refractivity contribution is 7.88. The van der Waals surface area contributed by atoms with Crippen molar-refractivity contribution in [1.29, 1.82) is 5.26 Å². The molecule has 178 valence electrons. The number of nitriles is 1. The maximum atomic E-state index is 12.4. The molecule has 1 aromatic rings. The average molecular weight is 465 g/mol. The first-order valence-corrected chi connectivity index (χ1v) is 13.1. The first-order valence-electron chi connectivity index (χ1n) is 11.5. The van der Waals surface area contributed by atoms with Crippen molar-refractivity contribution in [1.82, 2.24) is 14.8 Å². The minimum absolute atomic E-state index is 0.0844. The molecule has 0 radical (unpaired) electrons. The van der Waals surface area contributed by atoms with Crippen molar-refractivity contribution in [3.8, 4) is 6.19 Å². The number of rotatable bonds is 13. The van der Waals surface area contributed by atoms with E-state index in [1.807, 2.05) is 6.19 Å². The Morgan fingerprint density at radius 2 is 1.94 bits per heavy atom. The zero-order valence-corrected chi connectivity index (χ0v) is 19.8. The lowest BCUT2D eigenvalue weighted by molar-refractivity contribution is -0.0707. The van der Waals surface area contributed by atoms with Gasteiger partial charge in [-0.15, -0.1) is 0 Å². The number of hydrogen-bond acceptors (Lipinski definition) is 6. The van der Waals surface area contributed by atoms with E-state index in [9.17, 15) is 8.42 Å². The molecule has 0 spiro atoms. The zero-order chi connectivity index (χ0) is 23.1. The molecule has 1 heterocycles. The quantitative estimate of drug-likeness (QED) is 0.114. The summed E-state index contributed by atoms with van der Waals surface area (Å²) in [6.07, 6.45) is 15.5. The number of anilines is 1. The molecule has 1 fully saturated rings. The fourth-order valence-corrected chi connectivity index (χ4v) is 4.77. The molecule has 0 unspecified atom stereocenters. The standard InChI is InChI=1S/C22H36N6O3S/c1-28(31-17-13-20-9-5-4-6-10-20)32(29,30)18-8-3-2-7-14-25-22(26-19-23)27-21-11-15-24-16-12-21/h11-12,15-16,20H,2-10,13-14,17-18H2,1H3,(H2,24,25,26,27). The number of nitrogens with zero attached hydrogens (tertiary/aromatic N) is 4. The Balaban J connectivity index is 1.58. The minimum atomic E-state index is -3.39. The number of unbranched alkanes of at least 4 members (excludes halogenated alkanes) is 3. The molecule has 1 saturated carbocycles. The predicted molar refractivity (Wildman–Crippen MR) is 126 cm³/mol. The second-order valence-corrected chi connectivity index (χ2v) is 10.2. The van der Waals surface area contributed by atoms with Crippen LogP contribution in [-0.4, -0.2) is 49.8 Å². The van der Waals surface area contributed by atoms with Gasteiger partial charge in [0.2, 0.25) is 16.0 Å². The van der Waals surface area contributed by atoms with Gasteiger partial charge in [-0.3, -0.25) is 20.1 Å². The van der Waals surface area contributed by atoms with Gasteiger partial charge in [-0.05, 0) is 37.3 Å². The van der Waals surface area contributed by atoms with E-state index < -0.39 is 10.0 Å². The second-order valence-electron chi connectivity index (χ2n) is 8.09. The van der Waals surface area contributed by atoms with Gasteiger partial charge in [0.25, 0.3) is 0 Å². The van der Waals surface area contributed by atoms with E-state index in [4.69, 9.17) is 10.1 Å². The number of guanidine groups is 1. The fraction of sp³-hybridized carbons (Fsp3) is 0.682. The van der Waals surface area contributed by atoms with Crippen LogP contribution >= 0.6 is 0 Å². The average Bonchev–Trinajstić information content (AvgIpc) is 2.79. The van der Waals surface area contributed by atoms with Crippen LogP contribution in [0.4, 0.5) is 5.69 Å². The molecular weight excluding hydrogens is 428 g/mol. The summed E-state index contributed by atoms with van der Waals surface area (Å²) in [5, 5.41) is 14.4. The normalized spacial score (nSPS) is 15.5. The van der Waals surface area contributed by atoms with Gasteiger partial charge >= 0.3 is 0 Å². The van der Waals surface area contributed by atoms with Crippen LogP contribution in [0.5, 0.6) is 0 Å². The summed E-state index contributed by atoms with van der Waals surface area (Å²) in [6, 6.07) is 3.57. The molecule has 2 N–H and O–H groups in total. The molecular formula is C22H36N6O3S. The summed E-state index contributed by atoms with van der Waals surface area (Å²) >= 11 is 0. The monoisotopic (exact) mass is 464 g/mol. The highest BCUT2D eigenvalue weighted by Crippen LogP contribution is 2.26. The number of nitrogens with one attached hydrogen (secondary N) is 2. The summed E-state index contributed by atoms with van der Waals surface area (Å²) in [7, 11) is -1.90. The molecule has 0 aromatic carbocycles. The van der Waals surface area contributed by atoms with Gasteiger partial charge in [0, 0.05) is 31.7 Å². The van der Waals surface area contributed by atoms with E-state index in [2.05, 4.69) is 20.6 Å². The van der Waals surface area contributed by atoms with Crippen LogP contribution in [0.15, 0.2) is 29.5 Å². The molecule has 1 aliphatic carbocycles. The first kappa shape index (κ1) is 26.0. The Labute approximate surface area is 192 Å². The molecule has 32 heavy (non-hydrogen) atoms. The zero-order valence-electron chi connectivity index (χ0n) is 19.0. The number of aromatic nitrogens is 1. The van der Waals surface area contributed by atoms with Crippen molar-refractivity contribution in [2.24, 2.45) is 10.9 Å². The topological polar surface area (TPSA) is 120 Å². The van der Waals surface area contributed by atoms with Crippen LogP contribution < -0.4 is 10.6 Å². The SMILES string of the molecule is CN(OCCC1CCCCC1)S(=O)(=O)CCCCCCN=C(NC#N)Nc1ccncc1. The Morgan fingerprint density at radius 3 is 2.66 bits per heavy atom. The fourth-order valence-electron chi connectivity index (χ4n) is 3.71. The molecule has 9 nitrogen and oxygen atoms in total. The lowest BCUT2D eigenvalue weighted by Gasteiger charge is -2.23. The maximum Gasteiger partial charge on any atom is 0.235 e. The van der Waals surface area contributed by atoms with Crippen LogP contribution in [0.3, 0.4) is 0 Å². The van der Waals surface area contributed by atoms with E-state index in [0.29, 0.717) is 31.4 Å². The van der Waals surface area contributed by atoms with Crippen LogP contribution in [0.25, 0.3) is 0 Å². The van der Waals surface area contributed by atoms with Crippen LogP contribution in [-0.2, 0) is 14.9 Å². The molecule has 2 rings (SSSR count). The van der Waals surface area contributed by atoms with E-state index in [1.54, 1.807) is 24.5 Å². The molecule has 1 aliphatic rings. The maximum absolute atomic E-state index is 12.4. The summed E-state index contributed by atoms with van der Waals surface area (Å²) in [4.78, 5) is 13.8. The molecule has 1 aromatic heterocycles. The van der Waals surface area contributed by atoms with Gasteiger partial charge in [0.15, 0.2) is 6.19 Å². The molecule has 0 saturated heterocycles. The summed E-state index contributed by atoms with van der Waals surface area (Å²) in [5.41, 5.74) is 0.789. The van der Waals surface area contributed by atoms with E-state index in [1.165, 1.54) is 39.2 Å². The molecule has 0 aliphatic heterocycles. The van der Waals surface area contributed by atoms with E-state index in [-0.39, 0.29) is 5.75 Å². The smallest absolute Gasteiger partial charge is 0.235 e. The number of aliphatic imine (C=N–C) groups is 1. The molecule has 0 amide bonds. The minimum Gasteiger partial charge on any atom is -0.325 e. The van der Waals surface area contributed by atoms with Gasteiger partial charge < -0.3 is 5.32 Å². The van der Waals surface area contributed by atoms with E-state index >= 15 is 0 Å². The van der Waals surface area contributed by atoms with Gasteiger partial charge in [-0.1, -0.05) is 49.4 Å². The highest BCUT2D eigenvalue weighted by Gasteiger charge is 2.19. The van der Waals surface area contributed by atoms with E-state index in [0.717, 1.165) is 35.8 Å². The van der Waals surface area contributed by atoms with Crippen molar-refractivity contribution >= 4 is 21.7 Å². The second kappa shape index (κ2) is 14.8. The van der Waals surface area contributed by atoms with Crippen LogP contribution in [0.1, 0.15) is 64.2 Å². The predicted octanol–water partition coefficient (Wildman–Crippen LogP) is 3.64. The number of pyridine rings is 1. The molecule has 10 heteroatoms. The largest absolute Gasteiger partial charge is 0.325 e. The lowest BCUT2D eigenvalue weighted by Crippen LogP contribution is -2.30. The van der Waals surface area contributed by atoms with Gasteiger partial charge in [-0.25, -0.2) is 8.42 Å². The Hall–Kier alpha value is -2.22. The van der Waals surface area contributed by atoms with Crippen molar-refractivity contribution in [3.63, 3.8) is 0 Å². The molecule has 0 atom stereocenters. The Morgan fingerprint density at radius 1 is 1.22 bits per heavy atom. The lowest BCUT2D eigenvalue weighted by atomic mass is 9.87. The Bertz CT molecular complexity index is 820. The van der Waals surface area contributed by atoms with Gasteiger partial charge in [0.05, 0.1) is 12.4 Å². The number of hydrogen-bond donors (Lipinski definition) is 2. The summed E-state index contributed by atoms with van der Waals surface area (Å²) in [5.74, 6) is 1.14. The van der Waals surface area contributed by atoms with Crippen molar-refractivity contribution < 1.29 is 13.3 Å². The van der Waals surface area contributed by atoms with Gasteiger partial charge in [0.1, 0.15) is 0 Å². The van der Waals surface area contributed by atoms with Gasteiger partial charge in [-0.2, -0.15) is 5.26 Å². The summed E-state index contributed by atoms with van der Waals surface area (Å²) < 4.78 is 25.8. The number of sulfonamides is 1.